The molecule has 1 amide bonds. The number of rotatable bonds is 6. The van der Waals surface area contributed by atoms with E-state index in [9.17, 15) is 4.79 Å². The number of ether oxygens (including phenoxy) is 1. The van der Waals surface area contributed by atoms with Crippen LogP contribution in [0.15, 0.2) is 30.3 Å². The first-order chi connectivity index (χ1) is 10.6. The molecule has 1 aromatic rings. The molecule has 122 valence electrons. The van der Waals surface area contributed by atoms with Gasteiger partial charge in [-0.25, -0.2) is 4.79 Å². The summed E-state index contributed by atoms with van der Waals surface area (Å²) in [5.74, 6) is 1.37. The summed E-state index contributed by atoms with van der Waals surface area (Å²) >= 11 is 0. The van der Waals surface area contributed by atoms with Gasteiger partial charge in [-0.3, -0.25) is 0 Å². The van der Waals surface area contributed by atoms with E-state index in [1.54, 1.807) is 0 Å². The number of hydrogen-bond donors (Lipinski definition) is 1. The Kier molecular flexibility index (Phi) is 6.72. The van der Waals surface area contributed by atoms with Gasteiger partial charge in [-0.1, -0.05) is 44.2 Å². The zero-order valence-electron chi connectivity index (χ0n) is 13.8. The van der Waals surface area contributed by atoms with Crippen LogP contribution in [-0.4, -0.2) is 37.2 Å². The molecular weight excluding hydrogens is 276 g/mol. The van der Waals surface area contributed by atoms with Crippen LogP contribution in [0.25, 0.3) is 0 Å². The van der Waals surface area contributed by atoms with Crippen molar-refractivity contribution in [3.8, 4) is 0 Å². The van der Waals surface area contributed by atoms with Crippen molar-refractivity contribution in [1.29, 1.82) is 0 Å². The minimum atomic E-state index is -0.183. The lowest BCUT2D eigenvalue weighted by molar-refractivity contribution is 0.0822. The third-order valence-electron chi connectivity index (χ3n) is 4.06. The van der Waals surface area contributed by atoms with E-state index in [1.807, 2.05) is 35.2 Å². The molecule has 4 heteroatoms. The normalized spacial score (nSPS) is 16.0. The number of benzene rings is 1. The molecule has 0 aromatic heterocycles. The van der Waals surface area contributed by atoms with Crippen molar-refractivity contribution in [2.75, 3.05) is 26.2 Å². The average molecular weight is 304 g/mol. The first-order valence-electron chi connectivity index (χ1n) is 8.31. The van der Waals surface area contributed by atoms with E-state index >= 15 is 0 Å². The summed E-state index contributed by atoms with van der Waals surface area (Å²) in [5, 5.41) is 3.51. The molecular formula is C18H28N2O2. The Bertz CT molecular complexity index is 440. The van der Waals surface area contributed by atoms with Gasteiger partial charge in [0.1, 0.15) is 6.61 Å². The summed E-state index contributed by atoms with van der Waals surface area (Å²) in [5.41, 5.74) is 1.03. The van der Waals surface area contributed by atoms with Crippen molar-refractivity contribution in [2.24, 2.45) is 11.8 Å². The zero-order valence-corrected chi connectivity index (χ0v) is 13.8. The van der Waals surface area contributed by atoms with E-state index in [1.165, 1.54) is 0 Å². The van der Waals surface area contributed by atoms with Gasteiger partial charge in [-0.2, -0.15) is 0 Å². The van der Waals surface area contributed by atoms with Gasteiger partial charge in [-0.05, 0) is 43.3 Å². The minimum Gasteiger partial charge on any atom is -0.445 e. The highest BCUT2D eigenvalue weighted by molar-refractivity contribution is 5.67. The third-order valence-corrected chi connectivity index (χ3v) is 4.06. The van der Waals surface area contributed by atoms with Gasteiger partial charge >= 0.3 is 6.09 Å². The lowest BCUT2D eigenvalue weighted by Crippen LogP contribution is -2.41. The Labute approximate surface area is 133 Å². The molecule has 1 aliphatic heterocycles. The summed E-state index contributed by atoms with van der Waals surface area (Å²) in [6.45, 7) is 8.54. The standard InChI is InChI=1S/C18H28N2O2/c1-15(2)12-19-13-16-8-10-20(11-9-16)18(21)22-14-17-6-4-3-5-7-17/h3-7,15-16,19H,8-14H2,1-2H3. The van der Waals surface area contributed by atoms with Gasteiger partial charge in [0.15, 0.2) is 0 Å². The molecule has 1 fully saturated rings. The van der Waals surface area contributed by atoms with Crippen molar-refractivity contribution in [2.45, 2.75) is 33.3 Å². The van der Waals surface area contributed by atoms with E-state index in [-0.39, 0.29) is 6.09 Å². The maximum absolute atomic E-state index is 12.1. The number of carbonyl (C=O) groups excluding carboxylic acids is 1. The van der Waals surface area contributed by atoms with Crippen LogP contribution in [-0.2, 0) is 11.3 Å². The van der Waals surface area contributed by atoms with Crippen molar-refractivity contribution >= 4 is 6.09 Å². The zero-order chi connectivity index (χ0) is 15.8. The molecule has 1 aromatic carbocycles. The number of piperidine rings is 1. The van der Waals surface area contributed by atoms with Gasteiger partial charge < -0.3 is 15.0 Å². The molecule has 22 heavy (non-hydrogen) atoms. The SMILES string of the molecule is CC(C)CNCC1CCN(C(=O)OCc2ccccc2)CC1. The molecule has 0 atom stereocenters. The Hall–Kier alpha value is -1.55. The molecule has 4 nitrogen and oxygen atoms in total. The van der Waals surface area contributed by atoms with Gasteiger partial charge in [0.2, 0.25) is 0 Å². The van der Waals surface area contributed by atoms with Crippen molar-refractivity contribution in [3.05, 3.63) is 35.9 Å². The first-order valence-corrected chi connectivity index (χ1v) is 8.31. The van der Waals surface area contributed by atoms with Crippen molar-refractivity contribution in [3.63, 3.8) is 0 Å². The molecule has 0 unspecified atom stereocenters. The Morgan fingerprint density at radius 3 is 2.59 bits per heavy atom. The van der Waals surface area contributed by atoms with Gasteiger partial charge in [-0.15, -0.1) is 0 Å². The fourth-order valence-corrected chi connectivity index (χ4v) is 2.71. The number of hydrogen-bond acceptors (Lipinski definition) is 3. The second kappa shape index (κ2) is 8.79. The monoisotopic (exact) mass is 304 g/mol. The molecule has 0 aliphatic carbocycles. The van der Waals surface area contributed by atoms with Crippen LogP contribution < -0.4 is 5.32 Å². The summed E-state index contributed by atoms with van der Waals surface area (Å²) in [4.78, 5) is 13.9. The highest BCUT2D eigenvalue weighted by Crippen LogP contribution is 2.17. The second-order valence-corrected chi connectivity index (χ2v) is 6.52. The van der Waals surface area contributed by atoms with Crippen LogP contribution in [0.2, 0.25) is 0 Å². The largest absolute Gasteiger partial charge is 0.445 e. The molecule has 0 spiro atoms. The fraction of sp³-hybridized carbons (Fsp3) is 0.611. The maximum Gasteiger partial charge on any atom is 0.410 e. The quantitative estimate of drug-likeness (QED) is 0.877. The molecule has 1 aliphatic rings. The lowest BCUT2D eigenvalue weighted by Gasteiger charge is -2.31. The topological polar surface area (TPSA) is 41.6 Å². The highest BCUT2D eigenvalue weighted by Gasteiger charge is 2.23. The van der Waals surface area contributed by atoms with Crippen LogP contribution in [0.1, 0.15) is 32.3 Å². The van der Waals surface area contributed by atoms with Gasteiger partial charge in [0, 0.05) is 13.1 Å². The number of nitrogens with one attached hydrogen (secondary N) is 1. The fourth-order valence-electron chi connectivity index (χ4n) is 2.71. The van der Waals surface area contributed by atoms with E-state index in [2.05, 4.69) is 19.2 Å². The van der Waals surface area contributed by atoms with Crippen LogP contribution >= 0.6 is 0 Å². The Morgan fingerprint density at radius 2 is 1.95 bits per heavy atom. The number of nitrogens with zero attached hydrogens (tertiary/aromatic N) is 1. The maximum atomic E-state index is 12.1. The number of carbonyl (C=O) groups is 1. The predicted octanol–water partition coefficient (Wildman–Crippen LogP) is 3.28. The van der Waals surface area contributed by atoms with Crippen LogP contribution in [0, 0.1) is 11.8 Å². The van der Waals surface area contributed by atoms with E-state index in [4.69, 9.17) is 4.74 Å². The average Bonchev–Trinajstić information content (AvgIpc) is 2.54. The van der Waals surface area contributed by atoms with Crippen LogP contribution in [0.5, 0.6) is 0 Å². The molecule has 0 bridgehead atoms. The van der Waals surface area contributed by atoms with Crippen LogP contribution in [0.3, 0.4) is 0 Å². The van der Waals surface area contributed by atoms with E-state index < -0.39 is 0 Å². The van der Waals surface area contributed by atoms with E-state index in [0.717, 1.165) is 44.6 Å². The summed E-state index contributed by atoms with van der Waals surface area (Å²) in [7, 11) is 0. The summed E-state index contributed by atoms with van der Waals surface area (Å²) < 4.78 is 5.39. The van der Waals surface area contributed by atoms with E-state index in [0.29, 0.717) is 18.4 Å². The Balaban J connectivity index is 1.64. The minimum absolute atomic E-state index is 0.183. The predicted molar refractivity (Wildman–Crippen MR) is 88.6 cm³/mol. The third kappa shape index (κ3) is 5.68. The molecule has 0 saturated carbocycles. The molecule has 0 radical (unpaired) electrons. The second-order valence-electron chi connectivity index (χ2n) is 6.52. The molecule has 1 heterocycles. The van der Waals surface area contributed by atoms with Crippen molar-refractivity contribution < 1.29 is 9.53 Å². The summed E-state index contributed by atoms with van der Waals surface area (Å²) in [6.07, 6.45) is 1.94. The van der Waals surface area contributed by atoms with Crippen molar-refractivity contribution in [1.82, 2.24) is 10.2 Å². The molecule has 2 rings (SSSR count). The summed E-state index contributed by atoms with van der Waals surface area (Å²) in [6, 6.07) is 9.82. The molecule has 1 saturated heterocycles. The highest BCUT2D eigenvalue weighted by atomic mass is 16.6. The number of amides is 1. The van der Waals surface area contributed by atoms with Crippen LogP contribution in [0.4, 0.5) is 4.79 Å². The smallest absolute Gasteiger partial charge is 0.410 e. The van der Waals surface area contributed by atoms with Gasteiger partial charge in [0.05, 0.1) is 0 Å². The van der Waals surface area contributed by atoms with Gasteiger partial charge in [0.25, 0.3) is 0 Å². The molecule has 1 N–H and O–H groups in total. The number of likely N-dealkylation sites (tertiary alicyclic amines) is 1. The first kappa shape index (κ1) is 16.8. The Morgan fingerprint density at radius 1 is 1.27 bits per heavy atom. The lowest BCUT2D eigenvalue weighted by atomic mass is 9.97.